The third-order valence-electron chi connectivity index (χ3n) is 1.98. The summed E-state index contributed by atoms with van der Waals surface area (Å²) >= 11 is 0. The molecular weight excluding hydrogens is 189 g/mol. The fourth-order valence-electron chi connectivity index (χ4n) is 1.41. The molecule has 0 radical (unpaired) electrons. The maximum atomic E-state index is 12.7. The maximum absolute atomic E-state index is 12.7. The Hall–Kier alpha value is -1.91. The van der Waals surface area contributed by atoms with Gasteiger partial charge in [-0.2, -0.15) is 0 Å². The molecule has 0 aliphatic heterocycles. The number of fused-ring (bicyclic) bond motifs is 1. The first kappa shape index (κ1) is 8.68. The lowest BCUT2D eigenvalue weighted by molar-refractivity contribution is -0.384. The van der Waals surface area contributed by atoms with Gasteiger partial charge in [-0.3, -0.25) is 10.1 Å². The van der Waals surface area contributed by atoms with Gasteiger partial charge in [0.25, 0.3) is 0 Å². The molecule has 14 heavy (non-hydrogen) atoms. The summed E-state index contributed by atoms with van der Waals surface area (Å²) in [5, 5.41) is 11.0. The van der Waals surface area contributed by atoms with Crippen LogP contribution in [0.4, 0.5) is 10.1 Å². The highest BCUT2D eigenvalue weighted by Gasteiger charge is 2.21. The van der Waals surface area contributed by atoms with Gasteiger partial charge in [0, 0.05) is 13.0 Å². The number of nitro groups is 1. The van der Waals surface area contributed by atoms with Crippen molar-refractivity contribution in [3.05, 3.63) is 39.9 Å². The van der Waals surface area contributed by atoms with E-state index in [1.54, 1.807) is 0 Å². The van der Waals surface area contributed by atoms with E-state index in [0.29, 0.717) is 5.39 Å². The summed E-state index contributed by atoms with van der Waals surface area (Å²) in [4.78, 5) is 10.1. The van der Waals surface area contributed by atoms with Crippen molar-refractivity contribution >= 4 is 16.7 Å². The zero-order valence-corrected chi connectivity index (χ0v) is 7.28. The van der Waals surface area contributed by atoms with Crippen molar-refractivity contribution in [2.24, 2.45) is 0 Å². The van der Waals surface area contributed by atoms with Crippen LogP contribution >= 0.6 is 0 Å². The molecule has 0 aliphatic rings. The van der Waals surface area contributed by atoms with E-state index in [1.807, 2.05) is 0 Å². The lowest BCUT2D eigenvalue weighted by Crippen LogP contribution is -1.87. The van der Waals surface area contributed by atoms with E-state index in [4.69, 9.17) is 4.42 Å². The lowest BCUT2D eigenvalue weighted by atomic mass is 10.2. The molecule has 0 saturated heterocycles. The molecule has 1 aromatic heterocycles. The highest BCUT2D eigenvalue weighted by molar-refractivity contribution is 5.88. The van der Waals surface area contributed by atoms with E-state index < -0.39 is 10.7 Å². The molecule has 1 heterocycles. The molecule has 2 rings (SSSR count). The predicted octanol–water partition coefficient (Wildman–Crippen LogP) is 2.79. The number of hydrogen-bond donors (Lipinski definition) is 0. The van der Waals surface area contributed by atoms with E-state index in [-0.39, 0.29) is 17.0 Å². The Morgan fingerprint density at radius 3 is 2.86 bits per heavy atom. The predicted molar refractivity (Wildman–Crippen MR) is 47.6 cm³/mol. The topological polar surface area (TPSA) is 56.3 Å². The van der Waals surface area contributed by atoms with Gasteiger partial charge in [0.1, 0.15) is 11.4 Å². The SMILES string of the molecule is Cc1oc2cc(F)ccc2c1[N+](=O)[O-]. The molecule has 0 saturated carbocycles. The van der Waals surface area contributed by atoms with Gasteiger partial charge < -0.3 is 4.42 Å². The molecule has 0 amide bonds. The second-order valence-electron chi connectivity index (χ2n) is 2.90. The highest BCUT2D eigenvalue weighted by Crippen LogP contribution is 2.32. The van der Waals surface area contributed by atoms with Crippen molar-refractivity contribution in [3.8, 4) is 0 Å². The number of hydrogen-bond acceptors (Lipinski definition) is 3. The summed E-state index contributed by atoms with van der Waals surface area (Å²) in [6.07, 6.45) is 0. The quantitative estimate of drug-likeness (QED) is 0.519. The Kier molecular flexibility index (Phi) is 1.73. The van der Waals surface area contributed by atoms with Crippen LogP contribution in [0, 0.1) is 22.9 Å². The van der Waals surface area contributed by atoms with Gasteiger partial charge in [0.2, 0.25) is 0 Å². The van der Waals surface area contributed by atoms with Gasteiger partial charge in [-0.15, -0.1) is 0 Å². The normalized spacial score (nSPS) is 10.7. The van der Waals surface area contributed by atoms with Crippen LogP contribution in [0.25, 0.3) is 11.0 Å². The summed E-state index contributed by atoms with van der Waals surface area (Å²) in [7, 11) is 0. The summed E-state index contributed by atoms with van der Waals surface area (Å²) < 4.78 is 17.8. The van der Waals surface area contributed by atoms with Crippen molar-refractivity contribution in [3.63, 3.8) is 0 Å². The van der Waals surface area contributed by atoms with Crippen molar-refractivity contribution in [2.45, 2.75) is 6.92 Å². The smallest absolute Gasteiger partial charge is 0.317 e. The Labute approximate surface area is 78.1 Å². The van der Waals surface area contributed by atoms with Crippen molar-refractivity contribution < 1.29 is 13.7 Å². The van der Waals surface area contributed by atoms with Crippen LogP contribution in [0.2, 0.25) is 0 Å². The van der Waals surface area contributed by atoms with Crippen LogP contribution in [-0.4, -0.2) is 4.92 Å². The third-order valence-corrected chi connectivity index (χ3v) is 1.98. The molecule has 0 atom stereocenters. The number of furan rings is 1. The van der Waals surface area contributed by atoms with E-state index in [0.717, 1.165) is 6.07 Å². The number of benzene rings is 1. The average molecular weight is 195 g/mol. The van der Waals surface area contributed by atoms with Gasteiger partial charge in [0.15, 0.2) is 5.76 Å². The second kappa shape index (κ2) is 2.80. The zero-order chi connectivity index (χ0) is 10.3. The molecule has 0 bridgehead atoms. The summed E-state index contributed by atoms with van der Waals surface area (Å²) in [5.74, 6) is -0.281. The molecule has 4 nitrogen and oxygen atoms in total. The molecule has 0 unspecified atom stereocenters. The molecule has 0 aliphatic carbocycles. The first-order valence-electron chi connectivity index (χ1n) is 3.92. The zero-order valence-electron chi connectivity index (χ0n) is 7.28. The van der Waals surface area contributed by atoms with E-state index in [9.17, 15) is 14.5 Å². The molecule has 1 aromatic carbocycles. The number of nitrogens with zero attached hydrogens (tertiary/aromatic N) is 1. The van der Waals surface area contributed by atoms with E-state index in [1.165, 1.54) is 19.1 Å². The Balaban J connectivity index is 2.84. The number of rotatable bonds is 1. The van der Waals surface area contributed by atoms with Crippen LogP contribution in [-0.2, 0) is 0 Å². The summed E-state index contributed by atoms with van der Waals surface area (Å²) in [6.45, 7) is 1.48. The highest BCUT2D eigenvalue weighted by atomic mass is 19.1. The third kappa shape index (κ3) is 1.14. The van der Waals surface area contributed by atoms with E-state index in [2.05, 4.69) is 0 Å². The molecule has 0 fully saturated rings. The van der Waals surface area contributed by atoms with Gasteiger partial charge in [0.05, 0.1) is 10.3 Å². The molecule has 72 valence electrons. The fourth-order valence-corrected chi connectivity index (χ4v) is 1.41. The van der Waals surface area contributed by atoms with Crippen LogP contribution < -0.4 is 0 Å². The first-order valence-corrected chi connectivity index (χ1v) is 3.92. The molecule has 2 aromatic rings. The molecule has 0 N–H and O–H groups in total. The Morgan fingerprint density at radius 2 is 2.21 bits per heavy atom. The monoisotopic (exact) mass is 195 g/mol. The summed E-state index contributed by atoms with van der Waals surface area (Å²) in [6, 6.07) is 3.65. The van der Waals surface area contributed by atoms with Crippen molar-refractivity contribution in [1.82, 2.24) is 0 Å². The van der Waals surface area contributed by atoms with Crippen LogP contribution in [0.5, 0.6) is 0 Å². The van der Waals surface area contributed by atoms with Crippen LogP contribution in [0.1, 0.15) is 5.76 Å². The van der Waals surface area contributed by atoms with E-state index >= 15 is 0 Å². The maximum Gasteiger partial charge on any atom is 0.317 e. The van der Waals surface area contributed by atoms with Gasteiger partial charge in [-0.05, 0) is 12.1 Å². The standard InChI is InChI=1S/C9H6FNO3/c1-5-9(11(12)13)7-3-2-6(10)4-8(7)14-5/h2-4H,1H3. The minimum Gasteiger partial charge on any atom is -0.454 e. The number of halogens is 1. The molecular formula is C9H6FNO3. The van der Waals surface area contributed by atoms with Gasteiger partial charge >= 0.3 is 5.69 Å². The van der Waals surface area contributed by atoms with Gasteiger partial charge in [-0.1, -0.05) is 0 Å². The second-order valence-corrected chi connectivity index (χ2v) is 2.90. The minimum absolute atomic E-state index is 0.0972. The Morgan fingerprint density at radius 1 is 1.50 bits per heavy atom. The van der Waals surface area contributed by atoms with Crippen LogP contribution in [0.15, 0.2) is 22.6 Å². The summed E-state index contributed by atoms with van der Waals surface area (Å²) in [5.41, 5.74) is 0.106. The Bertz CT molecular complexity index is 518. The largest absolute Gasteiger partial charge is 0.454 e. The first-order chi connectivity index (χ1) is 6.59. The number of aryl methyl sites for hydroxylation is 1. The van der Waals surface area contributed by atoms with Gasteiger partial charge in [-0.25, -0.2) is 4.39 Å². The van der Waals surface area contributed by atoms with Crippen LogP contribution in [0.3, 0.4) is 0 Å². The van der Waals surface area contributed by atoms with Crippen molar-refractivity contribution in [1.29, 1.82) is 0 Å². The minimum atomic E-state index is -0.529. The molecule has 0 spiro atoms. The average Bonchev–Trinajstić information content (AvgIpc) is 2.39. The fraction of sp³-hybridized carbons (Fsp3) is 0.111. The molecule has 5 heteroatoms. The van der Waals surface area contributed by atoms with Crippen molar-refractivity contribution in [2.75, 3.05) is 0 Å². The lowest BCUT2D eigenvalue weighted by Gasteiger charge is -1.88.